The van der Waals surface area contributed by atoms with Crippen LogP contribution in [0.25, 0.3) is 5.78 Å². The molecule has 9 nitrogen and oxygen atoms in total. The summed E-state index contributed by atoms with van der Waals surface area (Å²) >= 11 is 0. The van der Waals surface area contributed by atoms with Crippen LogP contribution in [-0.2, 0) is 35.2 Å². The average Bonchev–Trinajstić information content (AvgIpc) is 3.60. The lowest BCUT2D eigenvalue weighted by molar-refractivity contribution is -0.167. The molecule has 38 heavy (non-hydrogen) atoms. The van der Waals surface area contributed by atoms with Gasteiger partial charge in [0.15, 0.2) is 5.82 Å². The molecule has 202 valence electrons. The summed E-state index contributed by atoms with van der Waals surface area (Å²) in [5.41, 5.74) is 2.26. The number of phenols is 1. The summed E-state index contributed by atoms with van der Waals surface area (Å²) in [6.07, 6.45) is 10.8. The number of rotatable bonds is 9. The normalized spacial score (nSPS) is 20.3. The van der Waals surface area contributed by atoms with Gasteiger partial charge in [0, 0.05) is 31.3 Å². The van der Waals surface area contributed by atoms with Gasteiger partial charge in [0.2, 0.25) is 0 Å². The van der Waals surface area contributed by atoms with E-state index >= 15 is 0 Å². The van der Waals surface area contributed by atoms with Crippen LogP contribution in [0.2, 0.25) is 0 Å². The SMILES string of the molecule is CCc1cnc2nc(CC3=C(O)CC(CCc4cc(CC)c(O)cc4OC)(C4CCCC4)OC3=O)nn2c1. The Labute approximate surface area is 222 Å². The molecule has 1 saturated carbocycles. The molecule has 1 unspecified atom stereocenters. The first-order chi connectivity index (χ1) is 18.4. The molecule has 2 N–H and O–H groups in total. The number of benzene rings is 1. The first kappa shape index (κ1) is 26.0. The zero-order valence-electron chi connectivity index (χ0n) is 22.4. The number of hydrogen-bond donors (Lipinski definition) is 2. The Hall–Kier alpha value is -3.62. The third kappa shape index (κ3) is 4.93. The van der Waals surface area contributed by atoms with Crippen molar-refractivity contribution in [3.8, 4) is 11.5 Å². The largest absolute Gasteiger partial charge is 0.512 e. The van der Waals surface area contributed by atoms with Crippen molar-refractivity contribution in [2.45, 2.75) is 83.7 Å². The van der Waals surface area contributed by atoms with Crippen LogP contribution in [0, 0.1) is 5.92 Å². The van der Waals surface area contributed by atoms with Gasteiger partial charge in [-0.25, -0.2) is 14.3 Å². The van der Waals surface area contributed by atoms with E-state index in [1.165, 1.54) is 0 Å². The molecule has 3 aromatic rings. The zero-order valence-corrected chi connectivity index (χ0v) is 22.4. The molecular weight excluding hydrogens is 484 g/mol. The second-order valence-electron chi connectivity index (χ2n) is 10.4. The van der Waals surface area contributed by atoms with Crippen LogP contribution >= 0.6 is 0 Å². The van der Waals surface area contributed by atoms with Crippen LogP contribution < -0.4 is 4.74 Å². The lowest BCUT2D eigenvalue weighted by atomic mass is 9.76. The highest BCUT2D eigenvalue weighted by Gasteiger charge is 2.48. The number of carbonyl (C=O) groups excluding carboxylic acids is 1. The van der Waals surface area contributed by atoms with Crippen LogP contribution in [0.4, 0.5) is 0 Å². The molecule has 0 saturated heterocycles. The second-order valence-corrected chi connectivity index (χ2v) is 10.4. The van der Waals surface area contributed by atoms with Crippen molar-refractivity contribution < 1.29 is 24.5 Å². The van der Waals surface area contributed by atoms with E-state index in [9.17, 15) is 15.0 Å². The number of aromatic hydroxyl groups is 1. The fraction of sp³-hybridized carbons (Fsp3) is 0.517. The van der Waals surface area contributed by atoms with Crippen molar-refractivity contribution in [3.63, 3.8) is 0 Å². The van der Waals surface area contributed by atoms with Gasteiger partial charge in [0.25, 0.3) is 5.78 Å². The van der Waals surface area contributed by atoms with Gasteiger partial charge in [-0.1, -0.05) is 26.7 Å². The molecule has 1 aliphatic heterocycles. The molecule has 0 radical (unpaired) electrons. The number of methoxy groups -OCH3 is 1. The number of cyclic esters (lactones) is 1. The molecule has 0 bridgehead atoms. The number of phenolic OH excluding ortho intramolecular Hbond substituents is 1. The minimum absolute atomic E-state index is 0.0566. The maximum atomic E-state index is 13.4. The monoisotopic (exact) mass is 520 g/mol. The maximum absolute atomic E-state index is 13.4. The molecular formula is C29H36N4O5. The van der Waals surface area contributed by atoms with Crippen molar-refractivity contribution in [1.82, 2.24) is 19.6 Å². The van der Waals surface area contributed by atoms with Crippen LogP contribution in [-0.4, -0.2) is 48.5 Å². The van der Waals surface area contributed by atoms with Crippen molar-refractivity contribution in [1.29, 1.82) is 0 Å². The summed E-state index contributed by atoms with van der Waals surface area (Å²) in [5, 5.41) is 26.0. The fourth-order valence-electron chi connectivity index (χ4n) is 5.95. The molecule has 1 aromatic carbocycles. The van der Waals surface area contributed by atoms with Gasteiger partial charge in [-0.2, -0.15) is 4.98 Å². The minimum atomic E-state index is -0.791. The minimum Gasteiger partial charge on any atom is -0.512 e. The van der Waals surface area contributed by atoms with E-state index in [-0.39, 0.29) is 35.8 Å². The number of aliphatic hydroxyl groups is 1. The summed E-state index contributed by atoms with van der Waals surface area (Å²) in [6, 6.07) is 3.62. The molecule has 1 fully saturated rings. The smallest absolute Gasteiger partial charge is 0.338 e. The van der Waals surface area contributed by atoms with E-state index in [0.717, 1.165) is 48.8 Å². The second kappa shape index (κ2) is 10.6. The predicted octanol–water partition coefficient (Wildman–Crippen LogP) is 4.83. The number of ether oxygens (including phenoxy) is 2. The molecule has 1 atom stereocenters. The van der Waals surface area contributed by atoms with Crippen molar-refractivity contribution in [2.24, 2.45) is 5.92 Å². The number of esters is 1. The fourth-order valence-corrected chi connectivity index (χ4v) is 5.95. The number of aromatic nitrogens is 4. The van der Waals surface area contributed by atoms with Crippen molar-refractivity contribution in [3.05, 3.63) is 58.4 Å². The van der Waals surface area contributed by atoms with Crippen molar-refractivity contribution >= 4 is 11.7 Å². The van der Waals surface area contributed by atoms with Crippen LogP contribution in [0.3, 0.4) is 0 Å². The van der Waals surface area contributed by atoms with Gasteiger partial charge >= 0.3 is 5.97 Å². The summed E-state index contributed by atoms with van der Waals surface area (Å²) in [7, 11) is 1.59. The van der Waals surface area contributed by atoms with Crippen LogP contribution in [0.5, 0.6) is 11.5 Å². The van der Waals surface area contributed by atoms with Gasteiger partial charge < -0.3 is 19.7 Å². The van der Waals surface area contributed by atoms with E-state index in [2.05, 4.69) is 15.1 Å². The topological polar surface area (TPSA) is 119 Å². The van der Waals surface area contributed by atoms with E-state index in [4.69, 9.17) is 9.47 Å². The number of nitrogens with zero attached hydrogens (tertiary/aromatic N) is 4. The van der Waals surface area contributed by atoms with E-state index in [0.29, 0.717) is 36.6 Å². The molecule has 2 aliphatic rings. The summed E-state index contributed by atoms with van der Waals surface area (Å²) in [5.74, 6) is 1.43. The zero-order chi connectivity index (χ0) is 26.9. The Bertz CT molecular complexity index is 1370. The Kier molecular flexibility index (Phi) is 7.27. The third-order valence-corrected chi connectivity index (χ3v) is 8.17. The third-order valence-electron chi connectivity index (χ3n) is 8.17. The van der Waals surface area contributed by atoms with Gasteiger partial charge in [0.05, 0.1) is 12.7 Å². The summed E-state index contributed by atoms with van der Waals surface area (Å²) < 4.78 is 13.4. The number of fused-ring (bicyclic) bond motifs is 1. The van der Waals surface area contributed by atoms with Gasteiger partial charge in [-0.15, -0.1) is 5.10 Å². The highest BCUT2D eigenvalue weighted by Crippen LogP contribution is 2.46. The summed E-state index contributed by atoms with van der Waals surface area (Å²) in [6.45, 7) is 4.04. The van der Waals surface area contributed by atoms with Gasteiger partial charge in [-0.05, 0) is 67.2 Å². The number of aryl methyl sites for hydroxylation is 3. The highest BCUT2D eigenvalue weighted by molar-refractivity contribution is 5.90. The standard InChI is InChI=1S/C29H36N4O5/c1-4-18-16-30-28-31-26(32-33(28)17-18)13-22-24(35)15-29(38-27(22)36,21-8-6-7-9-21)11-10-20-12-19(5-2)23(34)14-25(20)37-3/h12,14,16-17,21,34-35H,4-11,13,15H2,1-3H3. The highest BCUT2D eigenvalue weighted by atomic mass is 16.6. The first-order valence-electron chi connectivity index (χ1n) is 13.6. The van der Waals surface area contributed by atoms with Gasteiger partial charge in [0.1, 0.15) is 22.9 Å². The predicted molar refractivity (Wildman–Crippen MR) is 141 cm³/mol. The quantitative estimate of drug-likeness (QED) is 0.385. The van der Waals surface area contributed by atoms with Gasteiger partial charge in [-0.3, -0.25) is 0 Å². The lowest BCUT2D eigenvalue weighted by Crippen LogP contribution is -2.46. The first-order valence-corrected chi connectivity index (χ1v) is 13.6. The molecule has 2 aromatic heterocycles. The van der Waals surface area contributed by atoms with E-state index < -0.39 is 11.6 Å². The lowest BCUT2D eigenvalue weighted by Gasteiger charge is -2.42. The Morgan fingerprint density at radius 1 is 1.16 bits per heavy atom. The number of aliphatic hydroxyl groups excluding tert-OH is 1. The molecule has 9 heteroatoms. The molecule has 0 spiro atoms. The van der Waals surface area contributed by atoms with Crippen molar-refractivity contribution in [2.75, 3.05) is 7.11 Å². The molecule has 1 aliphatic carbocycles. The molecule has 0 amide bonds. The Balaban J connectivity index is 1.41. The Morgan fingerprint density at radius 3 is 2.63 bits per heavy atom. The summed E-state index contributed by atoms with van der Waals surface area (Å²) in [4.78, 5) is 22.2. The van der Waals surface area contributed by atoms with E-state index in [1.807, 2.05) is 26.1 Å². The van der Waals surface area contributed by atoms with Crippen LogP contribution in [0.1, 0.15) is 74.9 Å². The molecule has 5 rings (SSSR count). The average molecular weight is 521 g/mol. The molecule has 3 heterocycles. The van der Waals surface area contributed by atoms with E-state index in [1.54, 1.807) is 23.9 Å². The Morgan fingerprint density at radius 2 is 1.95 bits per heavy atom. The maximum Gasteiger partial charge on any atom is 0.338 e. The number of carbonyl (C=O) groups is 1. The van der Waals surface area contributed by atoms with Crippen LogP contribution in [0.15, 0.2) is 35.9 Å². The number of hydrogen-bond acceptors (Lipinski definition) is 8.